The second kappa shape index (κ2) is 11.7. The molecule has 1 saturated heterocycles. The van der Waals surface area contributed by atoms with Gasteiger partial charge in [-0.3, -0.25) is 9.80 Å². The van der Waals surface area contributed by atoms with Gasteiger partial charge in [0, 0.05) is 56.6 Å². The van der Waals surface area contributed by atoms with Gasteiger partial charge in [0.25, 0.3) is 0 Å². The van der Waals surface area contributed by atoms with Gasteiger partial charge < -0.3 is 29.7 Å². The average molecular weight is 518 g/mol. The topological polar surface area (TPSA) is 113 Å². The van der Waals surface area contributed by atoms with Crippen LogP contribution in [-0.2, 0) is 9.53 Å². The molecule has 2 aliphatic rings. The maximum absolute atomic E-state index is 13.3. The zero-order valence-corrected chi connectivity index (χ0v) is 22.8. The molecule has 3 rings (SSSR count). The molecule has 1 unspecified atom stereocenters. The molecule has 0 radical (unpaired) electrons. The van der Waals surface area contributed by atoms with Crippen molar-refractivity contribution in [3.63, 3.8) is 0 Å². The zero-order chi connectivity index (χ0) is 27.3. The summed E-state index contributed by atoms with van der Waals surface area (Å²) in [5, 5.41) is 5.91. The fraction of sp³-hybridized carbons (Fsp3) is 0.577. The molecule has 4 amide bonds. The number of methoxy groups -OCH3 is 2. The summed E-state index contributed by atoms with van der Waals surface area (Å²) in [7, 11) is 4.68. The molecule has 0 saturated carbocycles. The largest absolute Gasteiger partial charge is 0.493 e. The number of ether oxygens (including phenoxy) is 3. The highest BCUT2D eigenvalue weighted by Crippen LogP contribution is 2.40. The number of hydrogen-bond acceptors (Lipinski definition) is 7. The third kappa shape index (κ3) is 6.46. The van der Waals surface area contributed by atoms with Crippen LogP contribution in [0.3, 0.4) is 0 Å². The van der Waals surface area contributed by atoms with E-state index in [1.54, 1.807) is 37.1 Å². The van der Waals surface area contributed by atoms with Crippen LogP contribution in [0.2, 0.25) is 0 Å². The quantitative estimate of drug-likeness (QED) is 0.534. The number of likely N-dealkylation sites (N-methyl/N-ethyl adjacent to an activating group) is 1. The van der Waals surface area contributed by atoms with Crippen molar-refractivity contribution < 1.29 is 28.6 Å². The van der Waals surface area contributed by atoms with E-state index in [1.165, 1.54) is 19.1 Å². The highest BCUT2D eigenvalue weighted by Gasteiger charge is 2.39. The van der Waals surface area contributed by atoms with Gasteiger partial charge in [-0.05, 0) is 33.8 Å². The van der Waals surface area contributed by atoms with Gasteiger partial charge in [0.1, 0.15) is 0 Å². The van der Waals surface area contributed by atoms with E-state index in [9.17, 15) is 14.4 Å². The first kappa shape index (κ1) is 28.1. The minimum Gasteiger partial charge on any atom is -0.493 e. The monoisotopic (exact) mass is 517 g/mol. The highest BCUT2D eigenvalue weighted by atomic mass is 16.5. The Bertz CT molecular complexity index is 1040. The number of carbonyl (C=O) groups is 3. The Kier molecular flexibility index (Phi) is 8.90. The number of carbonyl (C=O) groups excluding carboxylic acids is 3. The molecule has 0 aliphatic carbocycles. The van der Waals surface area contributed by atoms with Crippen LogP contribution in [0.15, 0.2) is 29.5 Å². The Balaban J connectivity index is 1.94. The normalized spacial score (nSPS) is 18.9. The van der Waals surface area contributed by atoms with Crippen molar-refractivity contribution >= 4 is 18.0 Å². The Morgan fingerprint density at radius 1 is 1.11 bits per heavy atom. The second-order valence-corrected chi connectivity index (χ2v) is 10.0. The summed E-state index contributed by atoms with van der Waals surface area (Å²) in [5.74, 6) is 0.407. The maximum atomic E-state index is 13.3. The van der Waals surface area contributed by atoms with E-state index >= 15 is 0 Å². The van der Waals surface area contributed by atoms with E-state index in [-0.39, 0.29) is 24.2 Å². The lowest BCUT2D eigenvalue weighted by Crippen LogP contribution is -2.56. The molecular formula is C26H39N5O6. The van der Waals surface area contributed by atoms with Crippen LogP contribution in [0.4, 0.5) is 9.59 Å². The van der Waals surface area contributed by atoms with E-state index in [0.29, 0.717) is 61.1 Å². The average Bonchev–Trinajstić information content (AvgIpc) is 2.85. The summed E-state index contributed by atoms with van der Waals surface area (Å²) < 4.78 is 16.5. The van der Waals surface area contributed by atoms with Gasteiger partial charge in [-0.25, -0.2) is 14.4 Å². The van der Waals surface area contributed by atoms with Crippen LogP contribution < -0.4 is 20.1 Å². The van der Waals surface area contributed by atoms with Crippen LogP contribution >= 0.6 is 0 Å². The van der Waals surface area contributed by atoms with Crippen LogP contribution in [-0.4, -0.2) is 98.9 Å². The van der Waals surface area contributed by atoms with Crippen LogP contribution in [0.5, 0.6) is 11.5 Å². The minimum atomic E-state index is -0.790. The number of piperazine rings is 1. The predicted molar refractivity (Wildman–Crippen MR) is 139 cm³/mol. The summed E-state index contributed by atoms with van der Waals surface area (Å²) in [6.45, 7) is 10.4. The summed E-state index contributed by atoms with van der Waals surface area (Å²) in [4.78, 5) is 44.3. The van der Waals surface area contributed by atoms with E-state index in [2.05, 4.69) is 15.5 Å². The number of hydrogen-bond donors (Lipinski definition) is 2. The van der Waals surface area contributed by atoms with Crippen molar-refractivity contribution in [2.24, 2.45) is 0 Å². The van der Waals surface area contributed by atoms with Gasteiger partial charge in [-0.15, -0.1) is 0 Å². The smallest absolute Gasteiger partial charge is 0.338 e. The number of nitrogens with zero attached hydrogens (tertiary/aromatic N) is 3. The summed E-state index contributed by atoms with van der Waals surface area (Å²) >= 11 is 0. The van der Waals surface area contributed by atoms with Crippen molar-refractivity contribution in [1.82, 2.24) is 25.3 Å². The van der Waals surface area contributed by atoms with Crippen LogP contribution in [0.25, 0.3) is 0 Å². The molecule has 37 heavy (non-hydrogen) atoms. The Morgan fingerprint density at radius 3 is 2.35 bits per heavy atom. The number of nitrogens with one attached hydrogen (secondary N) is 2. The predicted octanol–water partition coefficient (Wildman–Crippen LogP) is 2.34. The molecule has 11 heteroatoms. The van der Waals surface area contributed by atoms with Crippen molar-refractivity contribution in [3.8, 4) is 11.5 Å². The Hall–Kier alpha value is -3.47. The fourth-order valence-electron chi connectivity index (χ4n) is 4.49. The number of esters is 1. The molecular weight excluding hydrogens is 478 g/mol. The van der Waals surface area contributed by atoms with Gasteiger partial charge in [-0.2, -0.15) is 0 Å². The number of amides is 4. The SMILES string of the molecule is CCOC(=O)C1=C(CN2CCN(C(=O)NC(C)(C)C)CC2)N(C)C(=O)NC1c1cccc(OC)c1OC. The second-order valence-electron chi connectivity index (χ2n) is 10.0. The van der Waals surface area contributed by atoms with Gasteiger partial charge in [-0.1, -0.05) is 12.1 Å². The molecule has 1 fully saturated rings. The zero-order valence-electron chi connectivity index (χ0n) is 22.8. The molecule has 1 aromatic rings. The van der Waals surface area contributed by atoms with Crippen molar-refractivity contribution in [2.75, 3.05) is 60.6 Å². The third-order valence-corrected chi connectivity index (χ3v) is 6.33. The molecule has 11 nitrogen and oxygen atoms in total. The van der Waals surface area contributed by atoms with Gasteiger partial charge in [0.05, 0.1) is 32.4 Å². The first-order valence-electron chi connectivity index (χ1n) is 12.4. The summed E-state index contributed by atoms with van der Waals surface area (Å²) in [5.41, 5.74) is 1.16. The van der Waals surface area contributed by atoms with Crippen molar-refractivity contribution in [2.45, 2.75) is 39.3 Å². The van der Waals surface area contributed by atoms with E-state index in [0.717, 1.165) is 0 Å². The highest BCUT2D eigenvalue weighted by molar-refractivity contribution is 5.95. The lowest BCUT2D eigenvalue weighted by molar-refractivity contribution is -0.139. The lowest BCUT2D eigenvalue weighted by Gasteiger charge is -2.40. The van der Waals surface area contributed by atoms with Gasteiger partial charge in [0.2, 0.25) is 0 Å². The van der Waals surface area contributed by atoms with Crippen molar-refractivity contribution in [3.05, 3.63) is 35.0 Å². The molecule has 1 atom stereocenters. The van der Waals surface area contributed by atoms with E-state index in [1.807, 2.05) is 20.8 Å². The molecule has 1 aromatic carbocycles. The standard InChI is InChI=1S/C26H39N5O6/c1-8-37-23(32)20-18(16-30-12-14-31(15-13-30)25(34)28-26(2,3)4)29(5)24(33)27-21(20)17-10-9-11-19(35-6)22(17)36-7/h9-11,21H,8,12-16H2,1-7H3,(H,27,33)(H,28,34). The first-order valence-corrected chi connectivity index (χ1v) is 12.4. The number of para-hydroxylation sites is 1. The molecule has 2 N–H and O–H groups in total. The van der Waals surface area contributed by atoms with Crippen LogP contribution in [0, 0.1) is 0 Å². The van der Waals surface area contributed by atoms with E-state index < -0.39 is 12.0 Å². The molecule has 2 aliphatic heterocycles. The van der Waals surface area contributed by atoms with Gasteiger partial charge >= 0.3 is 18.0 Å². The van der Waals surface area contributed by atoms with E-state index in [4.69, 9.17) is 14.2 Å². The molecule has 0 bridgehead atoms. The van der Waals surface area contributed by atoms with Crippen molar-refractivity contribution in [1.29, 1.82) is 0 Å². The Morgan fingerprint density at radius 2 is 1.78 bits per heavy atom. The van der Waals surface area contributed by atoms with Gasteiger partial charge in [0.15, 0.2) is 11.5 Å². The minimum absolute atomic E-state index is 0.0991. The maximum Gasteiger partial charge on any atom is 0.338 e. The molecule has 2 heterocycles. The summed E-state index contributed by atoms with van der Waals surface area (Å²) in [6, 6.07) is 4.09. The lowest BCUT2D eigenvalue weighted by atomic mass is 9.93. The molecule has 204 valence electrons. The number of benzene rings is 1. The molecule has 0 spiro atoms. The Labute approximate surface area is 218 Å². The summed E-state index contributed by atoms with van der Waals surface area (Å²) in [6.07, 6.45) is 0. The fourth-order valence-corrected chi connectivity index (χ4v) is 4.49. The molecule has 0 aromatic heterocycles. The number of rotatable bonds is 7. The number of urea groups is 2. The van der Waals surface area contributed by atoms with Crippen LogP contribution in [0.1, 0.15) is 39.3 Å². The first-order chi connectivity index (χ1) is 17.5. The third-order valence-electron chi connectivity index (χ3n) is 6.33.